The van der Waals surface area contributed by atoms with E-state index in [1.807, 2.05) is 6.20 Å². The molecule has 0 spiro atoms. The Morgan fingerprint density at radius 3 is 2.50 bits per heavy atom. The predicted molar refractivity (Wildman–Crippen MR) is 68.4 cm³/mol. The van der Waals surface area contributed by atoms with Gasteiger partial charge in [-0.15, -0.1) is 0 Å². The van der Waals surface area contributed by atoms with Gasteiger partial charge in [-0.1, -0.05) is 27.7 Å². The Morgan fingerprint density at radius 2 is 2.00 bits per heavy atom. The first-order chi connectivity index (χ1) is 7.60. The van der Waals surface area contributed by atoms with Gasteiger partial charge in [0, 0.05) is 30.9 Å². The normalized spacial score (nSPS) is 15.4. The van der Waals surface area contributed by atoms with E-state index in [2.05, 4.69) is 43.4 Å². The third kappa shape index (κ3) is 3.08. The summed E-state index contributed by atoms with van der Waals surface area (Å²) >= 11 is 0. The average molecular weight is 223 g/mol. The minimum Gasteiger partial charge on any atom is -0.330 e. The lowest BCUT2D eigenvalue weighted by Gasteiger charge is -2.25. The highest BCUT2D eigenvalue weighted by molar-refractivity contribution is 4.98. The second-order valence-corrected chi connectivity index (χ2v) is 4.90. The quantitative estimate of drug-likeness (QED) is 0.806. The number of nitrogens with two attached hydrogens (primary N) is 1. The maximum atomic E-state index is 6.17. The number of hydrogen-bond acceptors (Lipinski definition) is 2. The van der Waals surface area contributed by atoms with Crippen molar-refractivity contribution in [3.05, 3.63) is 18.2 Å². The molecule has 2 N–H and O–H groups in total. The van der Waals surface area contributed by atoms with Gasteiger partial charge in [0.1, 0.15) is 5.82 Å². The fourth-order valence-electron chi connectivity index (χ4n) is 2.15. The van der Waals surface area contributed by atoms with Crippen LogP contribution in [0.4, 0.5) is 0 Å². The molecule has 0 aromatic carbocycles. The summed E-state index contributed by atoms with van der Waals surface area (Å²) in [5, 5.41) is 0. The van der Waals surface area contributed by atoms with Crippen LogP contribution < -0.4 is 5.73 Å². The minimum atomic E-state index is 0.227. The van der Waals surface area contributed by atoms with Crippen LogP contribution in [0.15, 0.2) is 12.4 Å². The second-order valence-electron chi connectivity index (χ2n) is 4.90. The van der Waals surface area contributed by atoms with Crippen molar-refractivity contribution < 1.29 is 0 Å². The van der Waals surface area contributed by atoms with Crippen LogP contribution in [0.2, 0.25) is 0 Å². The lowest BCUT2D eigenvalue weighted by atomic mass is 10.0. The van der Waals surface area contributed by atoms with Crippen molar-refractivity contribution in [2.45, 2.75) is 59.0 Å². The summed E-state index contributed by atoms with van der Waals surface area (Å²) in [5.74, 6) is 1.81. The first kappa shape index (κ1) is 13.2. The maximum Gasteiger partial charge on any atom is 0.109 e. The van der Waals surface area contributed by atoms with E-state index < -0.39 is 0 Å². The molecule has 1 rings (SSSR count). The molecule has 0 aliphatic carbocycles. The molecule has 0 aliphatic heterocycles. The van der Waals surface area contributed by atoms with E-state index in [1.165, 1.54) is 5.82 Å². The van der Waals surface area contributed by atoms with E-state index in [4.69, 9.17) is 5.73 Å². The summed E-state index contributed by atoms with van der Waals surface area (Å²) in [6.07, 6.45) is 7.07. The van der Waals surface area contributed by atoms with Crippen LogP contribution in [0, 0.1) is 5.92 Å². The Morgan fingerprint density at radius 1 is 1.31 bits per heavy atom. The van der Waals surface area contributed by atoms with Gasteiger partial charge in [0.05, 0.1) is 0 Å². The van der Waals surface area contributed by atoms with Gasteiger partial charge in [-0.05, 0) is 18.8 Å². The van der Waals surface area contributed by atoms with Gasteiger partial charge in [0.25, 0.3) is 0 Å². The third-order valence-electron chi connectivity index (χ3n) is 3.08. The van der Waals surface area contributed by atoms with Gasteiger partial charge in [0.2, 0.25) is 0 Å². The Balaban J connectivity index is 2.87. The standard InChI is InChI=1S/C13H25N3/c1-5-11(14)12(6-2)16-8-7-15-13(16)9-10(3)4/h7-8,10-12H,5-6,9,14H2,1-4H3. The van der Waals surface area contributed by atoms with E-state index in [0.717, 1.165) is 19.3 Å². The van der Waals surface area contributed by atoms with E-state index in [1.54, 1.807) is 0 Å². The van der Waals surface area contributed by atoms with Crippen LogP contribution >= 0.6 is 0 Å². The number of nitrogens with zero attached hydrogens (tertiary/aromatic N) is 2. The van der Waals surface area contributed by atoms with E-state index >= 15 is 0 Å². The molecule has 1 aromatic heterocycles. The van der Waals surface area contributed by atoms with E-state index in [9.17, 15) is 0 Å². The van der Waals surface area contributed by atoms with Crippen molar-refractivity contribution >= 4 is 0 Å². The summed E-state index contributed by atoms with van der Waals surface area (Å²) < 4.78 is 2.27. The highest BCUT2D eigenvalue weighted by Gasteiger charge is 2.18. The van der Waals surface area contributed by atoms with Crippen LogP contribution in [0.3, 0.4) is 0 Å². The van der Waals surface area contributed by atoms with Crippen molar-refractivity contribution in [1.82, 2.24) is 9.55 Å². The molecular weight excluding hydrogens is 198 g/mol. The second kappa shape index (κ2) is 6.04. The van der Waals surface area contributed by atoms with Gasteiger partial charge in [-0.2, -0.15) is 0 Å². The summed E-state index contributed by atoms with van der Waals surface area (Å²) in [4.78, 5) is 4.45. The smallest absolute Gasteiger partial charge is 0.109 e. The molecule has 0 fully saturated rings. The molecular formula is C13H25N3. The van der Waals surface area contributed by atoms with Gasteiger partial charge >= 0.3 is 0 Å². The first-order valence-electron chi connectivity index (χ1n) is 6.37. The molecule has 1 heterocycles. The summed E-state index contributed by atoms with van der Waals surface area (Å²) in [6.45, 7) is 8.78. The summed E-state index contributed by atoms with van der Waals surface area (Å²) in [5.41, 5.74) is 6.17. The minimum absolute atomic E-state index is 0.227. The molecule has 0 aliphatic rings. The van der Waals surface area contributed by atoms with Crippen LogP contribution in [0.25, 0.3) is 0 Å². The molecule has 0 amide bonds. The third-order valence-corrected chi connectivity index (χ3v) is 3.08. The number of aromatic nitrogens is 2. The topological polar surface area (TPSA) is 43.8 Å². The highest BCUT2D eigenvalue weighted by Crippen LogP contribution is 2.20. The molecule has 0 bridgehead atoms. The Hall–Kier alpha value is -0.830. The summed E-state index contributed by atoms with van der Waals surface area (Å²) in [6, 6.07) is 0.617. The summed E-state index contributed by atoms with van der Waals surface area (Å²) in [7, 11) is 0. The highest BCUT2D eigenvalue weighted by atomic mass is 15.1. The molecule has 1 aromatic rings. The van der Waals surface area contributed by atoms with Crippen molar-refractivity contribution in [3.63, 3.8) is 0 Å². The molecule has 92 valence electrons. The lowest BCUT2D eigenvalue weighted by Crippen LogP contribution is -2.32. The monoisotopic (exact) mass is 223 g/mol. The van der Waals surface area contributed by atoms with Crippen molar-refractivity contribution in [2.24, 2.45) is 11.7 Å². The maximum absolute atomic E-state index is 6.17. The SMILES string of the molecule is CCC(N)C(CC)n1ccnc1CC(C)C. The zero-order valence-electron chi connectivity index (χ0n) is 11.0. The molecule has 16 heavy (non-hydrogen) atoms. The fraction of sp³-hybridized carbons (Fsp3) is 0.769. The number of hydrogen-bond donors (Lipinski definition) is 1. The molecule has 0 saturated heterocycles. The largest absolute Gasteiger partial charge is 0.330 e. The van der Waals surface area contributed by atoms with E-state index in [-0.39, 0.29) is 6.04 Å². The average Bonchev–Trinajstić information content (AvgIpc) is 2.66. The van der Waals surface area contributed by atoms with Crippen LogP contribution in [-0.4, -0.2) is 15.6 Å². The number of imidazole rings is 1. The van der Waals surface area contributed by atoms with E-state index in [0.29, 0.717) is 12.0 Å². The Labute approximate surface area is 99.1 Å². The van der Waals surface area contributed by atoms with Crippen LogP contribution in [-0.2, 0) is 6.42 Å². The van der Waals surface area contributed by atoms with Gasteiger partial charge in [0.15, 0.2) is 0 Å². The van der Waals surface area contributed by atoms with Crippen LogP contribution in [0.5, 0.6) is 0 Å². The van der Waals surface area contributed by atoms with Gasteiger partial charge in [-0.25, -0.2) is 4.98 Å². The molecule has 2 unspecified atom stereocenters. The molecule has 0 radical (unpaired) electrons. The van der Waals surface area contributed by atoms with Gasteiger partial charge < -0.3 is 10.3 Å². The van der Waals surface area contributed by atoms with Crippen molar-refractivity contribution in [1.29, 1.82) is 0 Å². The molecule has 3 nitrogen and oxygen atoms in total. The van der Waals surface area contributed by atoms with Gasteiger partial charge in [-0.3, -0.25) is 0 Å². The van der Waals surface area contributed by atoms with Crippen molar-refractivity contribution in [2.75, 3.05) is 0 Å². The number of rotatable bonds is 6. The Kier molecular flexibility index (Phi) is 5.00. The lowest BCUT2D eigenvalue weighted by molar-refractivity contribution is 0.374. The molecule has 2 atom stereocenters. The predicted octanol–water partition coefficient (Wildman–Crippen LogP) is 2.77. The van der Waals surface area contributed by atoms with Crippen molar-refractivity contribution in [3.8, 4) is 0 Å². The first-order valence-corrected chi connectivity index (χ1v) is 6.37. The Bertz CT molecular complexity index is 304. The zero-order valence-corrected chi connectivity index (χ0v) is 11.0. The van der Waals surface area contributed by atoms with Crippen LogP contribution in [0.1, 0.15) is 52.4 Å². The fourth-order valence-corrected chi connectivity index (χ4v) is 2.15. The zero-order chi connectivity index (χ0) is 12.1. The molecule has 0 saturated carbocycles. The molecule has 3 heteroatoms.